The molecule has 1 aromatic carbocycles. The number of benzene rings is 1. The van der Waals surface area contributed by atoms with Crippen molar-refractivity contribution in [2.24, 2.45) is 0 Å². The topological polar surface area (TPSA) is 45.2 Å². The number of nitrogens with zero attached hydrogens (tertiary/aromatic N) is 2. The van der Waals surface area contributed by atoms with Crippen molar-refractivity contribution in [3.63, 3.8) is 0 Å². The van der Waals surface area contributed by atoms with E-state index < -0.39 is 0 Å². The summed E-state index contributed by atoms with van der Waals surface area (Å²) in [5.41, 5.74) is 0.377. The third-order valence-corrected chi connectivity index (χ3v) is 3.25. The summed E-state index contributed by atoms with van der Waals surface area (Å²) >= 11 is 6.12. The Bertz CT molecular complexity index is 600. The number of likely N-dealkylation sites (N-methyl/N-ethyl adjacent to an activating group) is 2. The van der Waals surface area contributed by atoms with Crippen molar-refractivity contribution < 1.29 is 4.79 Å². The van der Waals surface area contributed by atoms with E-state index in [1.165, 1.54) is 0 Å². The second kappa shape index (κ2) is 5.99. The van der Waals surface area contributed by atoms with Crippen LogP contribution >= 0.6 is 11.6 Å². The molecule has 2 aromatic rings. The van der Waals surface area contributed by atoms with Gasteiger partial charge in [-0.05, 0) is 18.5 Å². The van der Waals surface area contributed by atoms with Crippen LogP contribution in [0.1, 0.15) is 10.5 Å². The smallest absolute Gasteiger partial charge is 0.272 e. The first-order chi connectivity index (χ1) is 9.13. The summed E-state index contributed by atoms with van der Waals surface area (Å²) in [4.78, 5) is 18.0. The lowest BCUT2D eigenvalue weighted by Crippen LogP contribution is -2.33. The predicted octanol–water partition coefficient (Wildman–Crippen LogP) is 2.18. The molecule has 0 aliphatic carbocycles. The van der Waals surface area contributed by atoms with Gasteiger partial charge in [-0.3, -0.25) is 4.79 Å². The lowest BCUT2D eigenvalue weighted by Gasteiger charge is -2.16. The molecule has 1 heterocycles. The van der Waals surface area contributed by atoms with Gasteiger partial charge in [0.1, 0.15) is 10.8 Å². The Morgan fingerprint density at radius 3 is 2.89 bits per heavy atom. The van der Waals surface area contributed by atoms with Crippen molar-refractivity contribution in [3.8, 4) is 0 Å². The van der Waals surface area contributed by atoms with E-state index in [-0.39, 0.29) is 5.91 Å². The van der Waals surface area contributed by atoms with Crippen LogP contribution in [-0.4, -0.2) is 43.0 Å². The second-order valence-electron chi connectivity index (χ2n) is 4.35. The van der Waals surface area contributed by atoms with Crippen LogP contribution in [0.25, 0.3) is 10.8 Å². The molecule has 19 heavy (non-hydrogen) atoms. The molecule has 0 saturated carbocycles. The van der Waals surface area contributed by atoms with Gasteiger partial charge in [0, 0.05) is 25.5 Å². The number of halogens is 1. The SMILES string of the molecule is CNCCN(C)C(=O)c1cc2ccccc2c(Cl)n1. The first kappa shape index (κ1) is 13.8. The highest BCUT2D eigenvalue weighted by molar-refractivity contribution is 6.34. The third-order valence-electron chi connectivity index (χ3n) is 2.96. The van der Waals surface area contributed by atoms with Gasteiger partial charge >= 0.3 is 0 Å². The van der Waals surface area contributed by atoms with Crippen LogP contribution in [0.4, 0.5) is 0 Å². The molecular formula is C14H16ClN3O. The molecule has 0 spiro atoms. The molecule has 0 fully saturated rings. The minimum Gasteiger partial charge on any atom is -0.339 e. The molecule has 0 saturated heterocycles. The van der Waals surface area contributed by atoms with Gasteiger partial charge in [0.05, 0.1) is 0 Å². The van der Waals surface area contributed by atoms with Crippen molar-refractivity contribution in [1.82, 2.24) is 15.2 Å². The normalized spacial score (nSPS) is 10.7. The number of nitrogens with one attached hydrogen (secondary N) is 1. The van der Waals surface area contributed by atoms with Crippen LogP contribution in [0.5, 0.6) is 0 Å². The van der Waals surface area contributed by atoms with Crippen molar-refractivity contribution >= 4 is 28.3 Å². The molecule has 0 bridgehead atoms. The molecule has 0 atom stereocenters. The Morgan fingerprint density at radius 1 is 1.42 bits per heavy atom. The van der Waals surface area contributed by atoms with Crippen LogP contribution < -0.4 is 5.32 Å². The molecule has 100 valence electrons. The highest BCUT2D eigenvalue weighted by Gasteiger charge is 2.14. The summed E-state index contributed by atoms with van der Waals surface area (Å²) in [6, 6.07) is 9.41. The average Bonchev–Trinajstić information content (AvgIpc) is 2.43. The fourth-order valence-electron chi connectivity index (χ4n) is 1.84. The van der Waals surface area contributed by atoms with E-state index in [4.69, 9.17) is 11.6 Å². The van der Waals surface area contributed by atoms with E-state index in [0.29, 0.717) is 17.4 Å². The molecule has 0 aliphatic rings. The Kier molecular flexibility index (Phi) is 4.35. The van der Waals surface area contributed by atoms with Crippen LogP contribution in [0, 0.1) is 0 Å². The zero-order chi connectivity index (χ0) is 13.8. The summed E-state index contributed by atoms with van der Waals surface area (Å²) in [6.07, 6.45) is 0. The number of carbonyl (C=O) groups is 1. The van der Waals surface area contributed by atoms with Crippen LogP contribution in [-0.2, 0) is 0 Å². The maximum absolute atomic E-state index is 12.2. The summed E-state index contributed by atoms with van der Waals surface area (Å²) in [5, 5.41) is 5.15. The first-order valence-electron chi connectivity index (χ1n) is 6.09. The molecule has 1 amide bonds. The van der Waals surface area contributed by atoms with Crippen molar-refractivity contribution in [1.29, 1.82) is 0 Å². The van der Waals surface area contributed by atoms with Crippen molar-refractivity contribution in [2.75, 3.05) is 27.2 Å². The summed E-state index contributed by atoms with van der Waals surface area (Å²) < 4.78 is 0. The van der Waals surface area contributed by atoms with Gasteiger partial charge in [0.15, 0.2) is 0 Å². The zero-order valence-corrected chi connectivity index (χ0v) is 11.7. The van der Waals surface area contributed by atoms with E-state index in [2.05, 4.69) is 10.3 Å². The fraction of sp³-hybridized carbons (Fsp3) is 0.286. The fourth-order valence-corrected chi connectivity index (χ4v) is 2.11. The van der Waals surface area contributed by atoms with Gasteiger partial charge in [0.25, 0.3) is 5.91 Å². The number of carbonyl (C=O) groups excluding carboxylic acids is 1. The highest BCUT2D eigenvalue weighted by Crippen LogP contribution is 2.22. The van der Waals surface area contributed by atoms with Gasteiger partial charge in [-0.25, -0.2) is 4.98 Å². The summed E-state index contributed by atoms with van der Waals surface area (Å²) in [6.45, 7) is 1.37. The van der Waals surface area contributed by atoms with Crippen LogP contribution in [0.3, 0.4) is 0 Å². The minimum atomic E-state index is -0.122. The summed E-state index contributed by atoms with van der Waals surface area (Å²) in [5.74, 6) is -0.122. The number of pyridine rings is 1. The molecule has 0 aliphatic heterocycles. The molecule has 5 heteroatoms. The second-order valence-corrected chi connectivity index (χ2v) is 4.71. The maximum Gasteiger partial charge on any atom is 0.272 e. The standard InChI is InChI=1S/C14H16ClN3O/c1-16-7-8-18(2)14(19)12-9-10-5-3-4-6-11(10)13(15)17-12/h3-6,9,16H,7-8H2,1-2H3. The maximum atomic E-state index is 12.2. The number of hydrogen-bond donors (Lipinski definition) is 1. The Hall–Kier alpha value is -1.65. The number of fused-ring (bicyclic) bond motifs is 1. The molecule has 0 unspecified atom stereocenters. The van der Waals surface area contributed by atoms with Gasteiger partial charge in [-0.1, -0.05) is 35.9 Å². The number of aromatic nitrogens is 1. The average molecular weight is 278 g/mol. The Balaban J connectivity index is 2.32. The van der Waals surface area contributed by atoms with E-state index in [1.807, 2.05) is 31.3 Å². The monoisotopic (exact) mass is 277 g/mol. The molecule has 4 nitrogen and oxygen atoms in total. The van der Waals surface area contributed by atoms with Crippen molar-refractivity contribution in [2.45, 2.75) is 0 Å². The zero-order valence-electron chi connectivity index (χ0n) is 11.0. The largest absolute Gasteiger partial charge is 0.339 e. The number of hydrogen-bond acceptors (Lipinski definition) is 3. The highest BCUT2D eigenvalue weighted by atomic mass is 35.5. The van der Waals surface area contributed by atoms with Gasteiger partial charge in [0.2, 0.25) is 0 Å². The van der Waals surface area contributed by atoms with Gasteiger partial charge in [-0.2, -0.15) is 0 Å². The lowest BCUT2D eigenvalue weighted by atomic mass is 10.1. The minimum absolute atomic E-state index is 0.122. The molecule has 1 aromatic heterocycles. The molecular weight excluding hydrogens is 262 g/mol. The third kappa shape index (κ3) is 3.03. The van der Waals surface area contributed by atoms with E-state index >= 15 is 0 Å². The first-order valence-corrected chi connectivity index (χ1v) is 6.46. The van der Waals surface area contributed by atoms with Crippen LogP contribution in [0.2, 0.25) is 5.15 Å². The quantitative estimate of drug-likeness (QED) is 0.872. The predicted molar refractivity (Wildman–Crippen MR) is 77.6 cm³/mol. The van der Waals surface area contributed by atoms with Gasteiger partial charge < -0.3 is 10.2 Å². The van der Waals surface area contributed by atoms with Crippen LogP contribution in [0.15, 0.2) is 30.3 Å². The Morgan fingerprint density at radius 2 is 2.16 bits per heavy atom. The number of amides is 1. The van der Waals surface area contributed by atoms with E-state index in [0.717, 1.165) is 17.3 Å². The lowest BCUT2D eigenvalue weighted by molar-refractivity contribution is 0.0791. The van der Waals surface area contributed by atoms with E-state index in [1.54, 1.807) is 18.0 Å². The Labute approximate surface area is 117 Å². The summed E-state index contributed by atoms with van der Waals surface area (Å²) in [7, 11) is 3.61. The molecule has 1 N–H and O–H groups in total. The van der Waals surface area contributed by atoms with Gasteiger partial charge in [-0.15, -0.1) is 0 Å². The van der Waals surface area contributed by atoms with Crippen molar-refractivity contribution in [3.05, 3.63) is 41.2 Å². The number of rotatable bonds is 4. The van der Waals surface area contributed by atoms with E-state index in [9.17, 15) is 4.79 Å². The molecule has 0 radical (unpaired) electrons. The molecule has 2 rings (SSSR count).